The number of aliphatic hydroxyl groups is 1. The van der Waals surface area contributed by atoms with Crippen molar-refractivity contribution in [2.24, 2.45) is 0 Å². The lowest BCUT2D eigenvalue weighted by molar-refractivity contribution is 0.0576. The van der Waals surface area contributed by atoms with Gasteiger partial charge >= 0.3 is 0 Å². The first-order valence-corrected chi connectivity index (χ1v) is 12.4. The summed E-state index contributed by atoms with van der Waals surface area (Å²) in [5.74, 6) is 0.207. The second-order valence-electron chi connectivity index (χ2n) is 9.97. The van der Waals surface area contributed by atoms with Gasteiger partial charge in [-0.15, -0.1) is 0 Å². The van der Waals surface area contributed by atoms with Gasteiger partial charge in [-0.25, -0.2) is 0 Å². The third-order valence-electron chi connectivity index (χ3n) is 6.17. The van der Waals surface area contributed by atoms with Gasteiger partial charge in [-0.2, -0.15) is 0 Å². The van der Waals surface area contributed by atoms with E-state index in [1.165, 1.54) is 5.56 Å². The standard InChI is InChI=1S/C30H38N2O3/c1-30(2,3)32(20-10-9-13-23-11-5-4-6-12-23)29(35)27-15-8-7-14-25(27)21-31-22-28(34)24-16-18-26(33)19-17-24/h4-8,11-12,14-19,28,31,33-34H,9-10,13,20-22H2,1-3H3. The van der Waals surface area contributed by atoms with Crippen molar-refractivity contribution in [3.8, 4) is 5.75 Å². The number of benzene rings is 3. The minimum Gasteiger partial charge on any atom is -0.508 e. The number of hydrogen-bond acceptors (Lipinski definition) is 4. The molecule has 1 atom stereocenters. The molecule has 0 fully saturated rings. The Morgan fingerprint density at radius 2 is 1.57 bits per heavy atom. The molecule has 3 rings (SSSR count). The zero-order chi connectivity index (χ0) is 25.3. The Hall–Kier alpha value is -3.15. The van der Waals surface area contributed by atoms with Gasteiger partial charge in [-0.3, -0.25) is 4.79 Å². The van der Waals surface area contributed by atoms with Crippen LogP contribution in [-0.2, 0) is 13.0 Å². The maximum Gasteiger partial charge on any atom is 0.254 e. The van der Waals surface area contributed by atoms with E-state index in [2.05, 4.69) is 50.4 Å². The molecule has 0 bridgehead atoms. The molecule has 0 heterocycles. The molecule has 1 unspecified atom stereocenters. The Bertz CT molecular complexity index is 1060. The molecule has 5 nitrogen and oxygen atoms in total. The van der Waals surface area contributed by atoms with Crippen molar-refractivity contribution in [2.75, 3.05) is 13.1 Å². The number of carbonyl (C=O) groups excluding carboxylic acids is 1. The molecular weight excluding hydrogens is 436 g/mol. The number of phenols is 1. The Morgan fingerprint density at radius 1 is 0.914 bits per heavy atom. The quantitative estimate of drug-likeness (QED) is 0.322. The molecule has 0 spiro atoms. The molecular formula is C30H38N2O3. The normalized spacial score (nSPS) is 12.3. The summed E-state index contributed by atoms with van der Waals surface area (Å²) in [5.41, 5.74) is 3.37. The third kappa shape index (κ3) is 7.94. The number of rotatable bonds is 11. The van der Waals surface area contributed by atoms with Crippen LogP contribution in [0.15, 0.2) is 78.9 Å². The Morgan fingerprint density at radius 3 is 2.26 bits per heavy atom. The molecule has 0 aliphatic rings. The number of nitrogens with one attached hydrogen (secondary N) is 1. The van der Waals surface area contributed by atoms with Crippen molar-refractivity contribution < 1.29 is 15.0 Å². The molecule has 186 valence electrons. The van der Waals surface area contributed by atoms with E-state index in [1.807, 2.05) is 35.2 Å². The summed E-state index contributed by atoms with van der Waals surface area (Å²) in [6.45, 7) is 7.76. The Balaban J connectivity index is 1.61. The van der Waals surface area contributed by atoms with E-state index in [-0.39, 0.29) is 17.2 Å². The number of nitrogens with zero attached hydrogens (tertiary/aromatic N) is 1. The average Bonchev–Trinajstić information content (AvgIpc) is 2.84. The average molecular weight is 475 g/mol. The molecule has 0 aromatic heterocycles. The van der Waals surface area contributed by atoms with Crippen LogP contribution in [0.4, 0.5) is 0 Å². The monoisotopic (exact) mass is 474 g/mol. The fourth-order valence-electron chi connectivity index (χ4n) is 4.17. The highest BCUT2D eigenvalue weighted by atomic mass is 16.3. The molecule has 1 amide bonds. The zero-order valence-corrected chi connectivity index (χ0v) is 21.1. The number of aryl methyl sites for hydroxylation is 1. The van der Waals surface area contributed by atoms with Gasteiger partial charge in [-0.1, -0.05) is 60.7 Å². The maximum atomic E-state index is 13.7. The van der Waals surface area contributed by atoms with Gasteiger partial charge in [0, 0.05) is 30.7 Å². The van der Waals surface area contributed by atoms with Gasteiger partial charge in [0.2, 0.25) is 0 Å². The largest absolute Gasteiger partial charge is 0.508 e. The first-order valence-electron chi connectivity index (χ1n) is 12.4. The summed E-state index contributed by atoms with van der Waals surface area (Å²) < 4.78 is 0. The fraction of sp³-hybridized carbons (Fsp3) is 0.367. The lowest BCUT2D eigenvalue weighted by atomic mass is 9.99. The second-order valence-corrected chi connectivity index (χ2v) is 9.97. The first-order chi connectivity index (χ1) is 16.8. The maximum absolute atomic E-state index is 13.7. The van der Waals surface area contributed by atoms with Crippen LogP contribution >= 0.6 is 0 Å². The van der Waals surface area contributed by atoms with E-state index >= 15 is 0 Å². The van der Waals surface area contributed by atoms with E-state index in [9.17, 15) is 15.0 Å². The van der Waals surface area contributed by atoms with Crippen molar-refractivity contribution in [1.82, 2.24) is 10.2 Å². The fourth-order valence-corrected chi connectivity index (χ4v) is 4.17. The summed E-state index contributed by atoms with van der Waals surface area (Å²) in [4.78, 5) is 15.6. The summed E-state index contributed by atoms with van der Waals surface area (Å²) in [5, 5.41) is 23.2. The molecule has 0 saturated carbocycles. The summed E-state index contributed by atoms with van der Waals surface area (Å²) in [6.07, 6.45) is 2.28. The Labute approximate surface area is 209 Å². The summed E-state index contributed by atoms with van der Waals surface area (Å²) in [6, 6.07) is 24.7. The minimum absolute atomic E-state index is 0.0358. The van der Waals surface area contributed by atoms with Crippen molar-refractivity contribution in [3.05, 3.63) is 101 Å². The molecule has 0 saturated heterocycles. The van der Waals surface area contributed by atoms with Crippen molar-refractivity contribution >= 4 is 5.91 Å². The highest BCUT2D eigenvalue weighted by Crippen LogP contribution is 2.22. The number of phenolic OH excluding ortho intramolecular Hbond substituents is 1. The summed E-state index contributed by atoms with van der Waals surface area (Å²) in [7, 11) is 0. The summed E-state index contributed by atoms with van der Waals surface area (Å²) >= 11 is 0. The lowest BCUT2D eigenvalue weighted by Crippen LogP contribution is -2.46. The number of unbranched alkanes of at least 4 members (excludes halogenated alkanes) is 1. The van der Waals surface area contributed by atoms with Gasteiger partial charge < -0.3 is 20.4 Å². The van der Waals surface area contributed by atoms with E-state index in [0.29, 0.717) is 25.2 Å². The van der Waals surface area contributed by atoms with Crippen LogP contribution < -0.4 is 5.32 Å². The Kier molecular flexibility index (Phi) is 9.47. The highest BCUT2D eigenvalue weighted by Gasteiger charge is 2.28. The molecule has 3 aromatic carbocycles. The first kappa shape index (κ1) is 26.5. The van der Waals surface area contributed by atoms with Crippen LogP contribution in [0.3, 0.4) is 0 Å². The minimum atomic E-state index is -0.700. The number of hydrogen-bond donors (Lipinski definition) is 3. The predicted octanol–water partition coefficient (Wildman–Crippen LogP) is 5.48. The van der Waals surface area contributed by atoms with Gasteiger partial charge in [0.15, 0.2) is 0 Å². The molecule has 0 aliphatic heterocycles. The van der Waals surface area contributed by atoms with Crippen LogP contribution in [0.5, 0.6) is 5.75 Å². The van der Waals surface area contributed by atoms with Crippen molar-refractivity contribution in [2.45, 2.75) is 58.2 Å². The van der Waals surface area contributed by atoms with Gasteiger partial charge in [0.1, 0.15) is 5.75 Å². The van der Waals surface area contributed by atoms with Gasteiger partial charge in [0.25, 0.3) is 5.91 Å². The van der Waals surface area contributed by atoms with Crippen LogP contribution in [-0.4, -0.2) is 39.6 Å². The molecule has 5 heteroatoms. The van der Waals surface area contributed by atoms with Gasteiger partial charge in [0.05, 0.1) is 6.10 Å². The van der Waals surface area contributed by atoms with E-state index < -0.39 is 6.10 Å². The van der Waals surface area contributed by atoms with Crippen LogP contribution in [0.2, 0.25) is 0 Å². The molecule has 35 heavy (non-hydrogen) atoms. The molecule has 0 aliphatic carbocycles. The van der Waals surface area contributed by atoms with Crippen LogP contribution in [0.25, 0.3) is 0 Å². The van der Waals surface area contributed by atoms with Gasteiger partial charge in [-0.05, 0) is 74.9 Å². The number of aliphatic hydroxyl groups excluding tert-OH is 1. The van der Waals surface area contributed by atoms with Crippen LogP contribution in [0.1, 0.15) is 66.8 Å². The molecule has 0 radical (unpaired) electrons. The third-order valence-corrected chi connectivity index (χ3v) is 6.17. The smallest absolute Gasteiger partial charge is 0.254 e. The SMILES string of the molecule is CC(C)(C)N(CCCCc1ccccc1)C(=O)c1ccccc1CNCC(O)c1ccc(O)cc1. The molecule has 3 aromatic rings. The number of aromatic hydroxyl groups is 1. The van der Waals surface area contributed by atoms with Crippen LogP contribution in [0, 0.1) is 0 Å². The van der Waals surface area contributed by atoms with E-state index in [0.717, 1.165) is 30.4 Å². The number of amides is 1. The second kappa shape index (κ2) is 12.5. The molecule has 3 N–H and O–H groups in total. The van der Waals surface area contributed by atoms with Crippen molar-refractivity contribution in [1.29, 1.82) is 0 Å². The van der Waals surface area contributed by atoms with E-state index in [1.54, 1.807) is 24.3 Å². The lowest BCUT2D eigenvalue weighted by Gasteiger charge is -2.36. The predicted molar refractivity (Wildman–Crippen MR) is 141 cm³/mol. The topological polar surface area (TPSA) is 72.8 Å². The zero-order valence-electron chi connectivity index (χ0n) is 21.1. The van der Waals surface area contributed by atoms with Crippen molar-refractivity contribution in [3.63, 3.8) is 0 Å². The number of carbonyl (C=O) groups is 1. The highest BCUT2D eigenvalue weighted by molar-refractivity contribution is 5.96. The van der Waals surface area contributed by atoms with E-state index in [4.69, 9.17) is 0 Å².